The summed E-state index contributed by atoms with van der Waals surface area (Å²) in [5.41, 5.74) is 2.89. The van der Waals surface area contributed by atoms with Gasteiger partial charge in [-0.3, -0.25) is 0 Å². The highest BCUT2D eigenvalue weighted by atomic mass is 16.3. The van der Waals surface area contributed by atoms with Crippen LogP contribution >= 0.6 is 0 Å². The summed E-state index contributed by atoms with van der Waals surface area (Å²) < 4.78 is 2.05. The van der Waals surface area contributed by atoms with Gasteiger partial charge in [0.15, 0.2) is 0 Å². The van der Waals surface area contributed by atoms with E-state index in [2.05, 4.69) is 4.98 Å². The van der Waals surface area contributed by atoms with Gasteiger partial charge in [-0.05, 0) is 26.0 Å². The number of pyridine rings is 1. The summed E-state index contributed by atoms with van der Waals surface area (Å²) in [4.78, 5) is 4.28. The van der Waals surface area contributed by atoms with E-state index in [1.165, 1.54) is 0 Å². The van der Waals surface area contributed by atoms with E-state index in [0.29, 0.717) is 0 Å². The lowest BCUT2D eigenvalue weighted by Gasteiger charge is -2.00. The van der Waals surface area contributed by atoms with E-state index in [1.54, 1.807) is 0 Å². The number of hydrogen-bond donors (Lipinski definition) is 1. The molecule has 0 atom stereocenters. The smallest absolute Gasteiger partial charge is 0.110 e. The number of aliphatic hydroxyl groups is 1. The highest BCUT2D eigenvalue weighted by molar-refractivity contribution is 5.53. The van der Waals surface area contributed by atoms with Crippen LogP contribution in [-0.2, 0) is 6.61 Å². The molecule has 3 nitrogen and oxygen atoms in total. The molecular weight excluding hydrogens is 164 g/mol. The predicted molar refractivity (Wildman–Crippen MR) is 50.6 cm³/mol. The molecule has 3 heteroatoms. The normalized spacial score (nSPS) is 11.0. The van der Waals surface area contributed by atoms with Crippen molar-refractivity contribution < 1.29 is 5.11 Å². The monoisotopic (exact) mass is 176 g/mol. The number of aliphatic hydroxyl groups excluding tert-OH is 1. The molecule has 0 aliphatic rings. The minimum atomic E-state index is 0.000787. The Kier molecular flexibility index (Phi) is 1.81. The second kappa shape index (κ2) is 2.85. The van der Waals surface area contributed by atoms with Crippen LogP contribution in [0.15, 0.2) is 18.2 Å². The van der Waals surface area contributed by atoms with E-state index in [1.807, 2.05) is 36.4 Å². The fourth-order valence-corrected chi connectivity index (χ4v) is 1.69. The Morgan fingerprint density at radius 1 is 1.38 bits per heavy atom. The van der Waals surface area contributed by atoms with Crippen molar-refractivity contribution in [2.24, 2.45) is 0 Å². The van der Waals surface area contributed by atoms with E-state index >= 15 is 0 Å². The van der Waals surface area contributed by atoms with Crippen molar-refractivity contribution in [1.29, 1.82) is 0 Å². The van der Waals surface area contributed by atoms with Gasteiger partial charge in [0.25, 0.3) is 0 Å². The number of fused-ring (bicyclic) bond motifs is 1. The first-order valence-electron chi connectivity index (χ1n) is 4.28. The van der Waals surface area contributed by atoms with Crippen LogP contribution in [0.4, 0.5) is 0 Å². The molecule has 2 aromatic heterocycles. The molecule has 0 amide bonds. The first kappa shape index (κ1) is 8.26. The zero-order chi connectivity index (χ0) is 9.42. The summed E-state index contributed by atoms with van der Waals surface area (Å²) in [5, 5.41) is 9.06. The van der Waals surface area contributed by atoms with Gasteiger partial charge in [0.1, 0.15) is 5.82 Å². The third-order valence-corrected chi connectivity index (χ3v) is 2.25. The molecule has 0 fully saturated rings. The Balaban J connectivity index is 2.87. The zero-order valence-corrected chi connectivity index (χ0v) is 7.78. The van der Waals surface area contributed by atoms with Crippen molar-refractivity contribution in [3.05, 3.63) is 35.4 Å². The molecule has 2 aromatic rings. The number of nitrogens with zero attached hydrogens (tertiary/aromatic N) is 2. The third-order valence-electron chi connectivity index (χ3n) is 2.25. The number of imidazole rings is 1. The molecule has 1 N–H and O–H groups in total. The lowest BCUT2D eigenvalue weighted by Crippen LogP contribution is -1.92. The van der Waals surface area contributed by atoms with E-state index in [4.69, 9.17) is 5.11 Å². The Hall–Kier alpha value is -1.35. The maximum atomic E-state index is 9.06. The van der Waals surface area contributed by atoms with Crippen LogP contribution in [0.3, 0.4) is 0 Å². The highest BCUT2D eigenvalue weighted by Crippen LogP contribution is 2.14. The summed E-state index contributed by atoms with van der Waals surface area (Å²) in [7, 11) is 0. The molecule has 2 heterocycles. The Bertz CT molecular complexity index is 445. The van der Waals surface area contributed by atoms with E-state index in [9.17, 15) is 0 Å². The second-order valence-corrected chi connectivity index (χ2v) is 3.15. The van der Waals surface area contributed by atoms with Crippen molar-refractivity contribution in [2.75, 3.05) is 0 Å². The molecule has 0 aromatic carbocycles. The fraction of sp³-hybridized carbons (Fsp3) is 0.300. The standard InChI is InChI=1S/C10H12N2O/c1-7-4-3-5-10-9(6-13)11-8(2)12(7)10/h3-5,13H,6H2,1-2H3. The van der Waals surface area contributed by atoms with Crippen LogP contribution in [0.1, 0.15) is 17.2 Å². The molecule has 0 aliphatic heterocycles. The molecule has 13 heavy (non-hydrogen) atoms. The minimum absolute atomic E-state index is 0.000787. The van der Waals surface area contributed by atoms with Crippen LogP contribution in [0.5, 0.6) is 0 Å². The number of hydrogen-bond acceptors (Lipinski definition) is 2. The van der Waals surface area contributed by atoms with Crippen molar-refractivity contribution in [2.45, 2.75) is 20.5 Å². The van der Waals surface area contributed by atoms with E-state index in [-0.39, 0.29) is 6.61 Å². The van der Waals surface area contributed by atoms with Gasteiger partial charge in [-0.1, -0.05) is 6.07 Å². The van der Waals surface area contributed by atoms with E-state index in [0.717, 1.165) is 22.7 Å². The van der Waals surface area contributed by atoms with Gasteiger partial charge < -0.3 is 9.51 Å². The molecule has 0 bridgehead atoms. The average molecular weight is 176 g/mol. The van der Waals surface area contributed by atoms with Crippen molar-refractivity contribution in [1.82, 2.24) is 9.38 Å². The van der Waals surface area contributed by atoms with Crippen LogP contribution in [-0.4, -0.2) is 14.5 Å². The molecule has 68 valence electrons. The van der Waals surface area contributed by atoms with Crippen molar-refractivity contribution >= 4 is 5.52 Å². The summed E-state index contributed by atoms with van der Waals surface area (Å²) in [6.45, 7) is 3.97. The molecule has 0 saturated heterocycles. The zero-order valence-electron chi connectivity index (χ0n) is 7.78. The third kappa shape index (κ3) is 1.12. The van der Waals surface area contributed by atoms with Crippen molar-refractivity contribution in [3.63, 3.8) is 0 Å². The second-order valence-electron chi connectivity index (χ2n) is 3.15. The van der Waals surface area contributed by atoms with E-state index < -0.39 is 0 Å². The first-order chi connectivity index (χ1) is 6.24. The summed E-state index contributed by atoms with van der Waals surface area (Å²) in [6.07, 6.45) is 0. The molecule has 0 spiro atoms. The van der Waals surface area contributed by atoms with Gasteiger partial charge >= 0.3 is 0 Å². The molecule has 0 unspecified atom stereocenters. The molecular formula is C10H12N2O. The minimum Gasteiger partial charge on any atom is -0.390 e. The Labute approximate surface area is 76.7 Å². The number of rotatable bonds is 1. The molecule has 0 radical (unpaired) electrons. The highest BCUT2D eigenvalue weighted by Gasteiger charge is 2.07. The van der Waals surface area contributed by atoms with Crippen molar-refractivity contribution in [3.8, 4) is 0 Å². The lowest BCUT2D eigenvalue weighted by molar-refractivity contribution is 0.279. The quantitative estimate of drug-likeness (QED) is 0.714. The van der Waals surface area contributed by atoms with Crippen LogP contribution in [0.2, 0.25) is 0 Å². The van der Waals surface area contributed by atoms with Crippen LogP contribution in [0.25, 0.3) is 5.52 Å². The van der Waals surface area contributed by atoms with Gasteiger partial charge in [-0.2, -0.15) is 0 Å². The number of aromatic nitrogens is 2. The maximum Gasteiger partial charge on any atom is 0.110 e. The largest absolute Gasteiger partial charge is 0.390 e. The number of aryl methyl sites for hydroxylation is 2. The molecule has 2 rings (SSSR count). The molecule has 0 saturated carbocycles. The Morgan fingerprint density at radius 3 is 2.85 bits per heavy atom. The lowest BCUT2D eigenvalue weighted by atomic mass is 10.3. The summed E-state index contributed by atoms with van der Waals surface area (Å²) in [5.74, 6) is 0.928. The average Bonchev–Trinajstić information content (AvgIpc) is 2.44. The summed E-state index contributed by atoms with van der Waals surface area (Å²) in [6, 6.07) is 5.98. The maximum absolute atomic E-state index is 9.06. The van der Waals surface area contributed by atoms with Gasteiger partial charge in [0, 0.05) is 5.69 Å². The van der Waals surface area contributed by atoms with Gasteiger partial charge in [0.05, 0.1) is 17.8 Å². The SMILES string of the molecule is Cc1cccc2c(CO)nc(C)n12. The predicted octanol–water partition coefficient (Wildman–Crippen LogP) is 1.44. The Morgan fingerprint density at radius 2 is 2.15 bits per heavy atom. The fourth-order valence-electron chi connectivity index (χ4n) is 1.69. The van der Waals surface area contributed by atoms with Crippen LogP contribution < -0.4 is 0 Å². The first-order valence-corrected chi connectivity index (χ1v) is 4.28. The molecule has 0 aliphatic carbocycles. The van der Waals surface area contributed by atoms with Gasteiger partial charge in [0.2, 0.25) is 0 Å². The topological polar surface area (TPSA) is 37.5 Å². The summed E-state index contributed by atoms with van der Waals surface area (Å²) >= 11 is 0. The van der Waals surface area contributed by atoms with Crippen LogP contribution in [0, 0.1) is 13.8 Å². The van der Waals surface area contributed by atoms with Gasteiger partial charge in [-0.15, -0.1) is 0 Å². The van der Waals surface area contributed by atoms with Gasteiger partial charge in [-0.25, -0.2) is 4.98 Å².